The first-order valence-corrected chi connectivity index (χ1v) is 18.8. The van der Waals surface area contributed by atoms with E-state index in [1.54, 1.807) is 0 Å². The smallest absolute Gasteiger partial charge is 0.466 e. The number of likely N-dealkylation sites (tertiary alicyclic amines) is 1. The average molecular weight is 741 g/mol. The summed E-state index contributed by atoms with van der Waals surface area (Å²) in [6.45, 7) is 4.25. The van der Waals surface area contributed by atoms with E-state index in [1.807, 2.05) is 124 Å². The third kappa shape index (κ3) is 6.67. The second kappa shape index (κ2) is 15.8. The van der Waals surface area contributed by atoms with Gasteiger partial charge in [0.2, 0.25) is 0 Å². The molecule has 0 aromatic heterocycles. The summed E-state index contributed by atoms with van der Waals surface area (Å²) >= 11 is 0. The number of hydrogen-bond donors (Lipinski definition) is 1. The number of carbonyl (C=O) groups is 2. The number of para-hydroxylation sites is 1. The first-order valence-electron chi connectivity index (χ1n) is 17.1. The molecule has 0 amide bonds. The summed E-state index contributed by atoms with van der Waals surface area (Å²) in [6, 6.07) is 27.1. The molecule has 1 spiro atoms. The molecule has 51 heavy (non-hydrogen) atoms. The van der Waals surface area contributed by atoms with E-state index >= 15 is 4.57 Å². The van der Waals surface area contributed by atoms with Crippen LogP contribution in [0.15, 0.2) is 96.2 Å². The summed E-state index contributed by atoms with van der Waals surface area (Å²) in [5, 5.41) is 5.14. The Labute approximate surface area is 313 Å². The van der Waals surface area contributed by atoms with Crippen LogP contribution in [0.4, 0.5) is 5.69 Å². The SMILES string of the molecule is COC(=O)C1=C2Nc3ccccc3[C@]23CCN([C@@H](C)[C]2[CH][CH][CH][C]2P(=O)(c2ccccc2)c2ccccc2)[C@@H]3[C@@H](OC(C)=O)C1.[CH]1[CH][CH][CH][CH]1.[Fe+2]. The van der Waals surface area contributed by atoms with E-state index < -0.39 is 30.6 Å². The minimum Gasteiger partial charge on any atom is -0.466 e. The quantitative estimate of drug-likeness (QED) is 0.172. The third-order valence-corrected chi connectivity index (χ3v) is 13.6. The summed E-state index contributed by atoms with van der Waals surface area (Å²) in [5.74, 6) is 0.165. The summed E-state index contributed by atoms with van der Waals surface area (Å²) < 4.78 is 26.8. The minimum absolute atomic E-state index is 0. The number of nitrogens with zero attached hydrogens (tertiary/aromatic N) is 1. The summed E-state index contributed by atoms with van der Waals surface area (Å²) in [7, 11) is -1.85. The van der Waals surface area contributed by atoms with Crippen molar-refractivity contribution in [2.24, 2.45) is 0 Å². The van der Waals surface area contributed by atoms with Gasteiger partial charge in [0.1, 0.15) is 6.10 Å². The van der Waals surface area contributed by atoms with Crippen molar-refractivity contribution in [2.75, 3.05) is 19.0 Å². The number of methoxy groups -OCH3 is 1. The number of fused-ring (bicyclic) bond motifs is 1. The molecule has 3 aromatic carbocycles. The van der Waals surface area contributed by atoms with Crippen molar-refractivity contribution < 1.29 is 40.7 Å². The van der Waals surface area contributed by atoms with E-state index in [0.29, 0.717) is 18.5 Å². The van der Waals surface area contributed by atoms with Crippen LogP contribution in [0.3, 0.4) is 0 Å². The van der Waals surface area contributed by atoms with Gasteiger partial charge in [0.05, 0.1) is 29.8 Å². The van der Waals surface area contributed by atoms with Crippen LogP contribution in [-0.4, -0.2) is 48.7 Å². The topological polar surface area (TPSA) is 84.9 Å². The maximum Gasteiger partial charge on any atom is 2.00 e. The van der Waals surface area contributed by atoms with Crippen LogP contribution in [0, 0.1) is 62.9 Å². The Bertz CT molecular complexity index is 1730. The number of esters is 2. The van der Waals surface area contributed by atoms with Crippen LogP contribution in [0.5, 0.6) is 0 Å². The zero-order valence-corrected chi connectivity index (χ0v) is 30.8. The van der Waals surface area contributed by atoms with Crippen molar-refractivity contribution in [2.45, 2.75) is 50.3 Å². The minimum atomic E-state index is -3.23. The fourth-order valence-corrected chi connectivity index (χ4v) is 11.4. The maximum atomic E-state index is 15.5. The molecule has 10 radical (unpaired) electrons. The van der Waals surface area contributed by atoms with Crippen LogP contribution >= 0.6 is 7.14 Å². The van der Waals surface area contributed by atoms with Gasteiger partial charge in [0.25, 0.3) is 0 Å². The van der Waals surface area contributed by atoms with Crippen molar-refractivity contribution in [1.82, 2.24) is 4.90 Å². The predicted molar refractivity (Wildman–Crippen MR) is 196 cm³/mol. The Kier molecular flexibility index (Phi) is 11.7. The molecule has 8 rings (SSSR count). The zero-order valence-electron chi connectivity index (χ0n) is 28.8. The van der Waals surface area contributed by atoms with Crippen LogP contribution < -0.4 is 15.9 Å². The Morgan fingerprint density at radius 3 is 2.04 bits per heavy atom. The van der Waals surface area contributed by atoms with Gasteiger partial charge in [-0.15, -0.1) is 0 Å². The van der Waals surface area contributed by atoms with E-state index in [4.69, 9.17) is 9.47 Å². The van der Waals surface area contributed by atoms with Crippen LogP contribution in [0.25, 0.3) is 0 Å². The van der Waals surface area contributed by atoms with Gasteiger partial charge in [-0.2, -0.15) is 0 Å². The fraction of sp³-hybridized carbons (Fsp3) is 0.238. The number of ether oxygens (including phenoxy) is 2. The average Bonchev–Trinajstić information content (AvgIpc) is 3.98. The molecule has 3 aromatic rings. The van der Waals surface area contributed by atoms with Crippen LogP contribution in [0.1, 0.15) is 32.3 Å². The largest absolute Gasteiger partial charge is 2.00 e. The Morgan fingerprint density at radius 1 is 0.863 bits per heavy atom. The van der Waals surface area contributed by atoms with Gasteiger partial charge in [0.15, 0.2) is 7.14 Å². The number of nitrogens with one attached hydrogen (secondary N) is 1. The molecule has 5 aliphatic rings. The molecule has 7 nitrogen and oxygen atoms in total. The number of carbonyl (C=O) groups excluding carboxylic acids is 2. The number of benzene rings is 3. The van der Waals surface area contributed by atoms with E-state index in [9.17, 15) is 9.59 Å². The van der Waals surface area contributed by atoms with Gasteiger partial charge in [-0.25, -0.2) is 4.79 Å². The Hall–Kier alpha value is -3.15. The number of rotatable bonds is 7. The molecular weight excluding hydrogens is 699 g/mol. The molecule has 260 valence electrons. The normalized spacial score (nSPS) is 25.0. The molecule has 1 saturated heterocycles. The second-order valence-electron chi connectivity index (χ2n) is 13.1. The molecule has 1 N–H and O–H groups in total. The first kappa shape index (κ1) is 37.6. The van der Waals surface area contributed by atoms with Crippen molar-refractivity contribution in [3.05, 3.63) is 165 Å². The van der Waals surface area contributed by atoms with Gasteiger partial charge >= 0.3 is 29.0 Å². The van der Waals surface area contributed by atoms with Gasteiger partial charge in [0, 0.05) is 53.8 Å². The van der Waals surface area contributed by atoms with Crippen molar-refractivity contribution >= 4 is 35.4 Å². The Balaban J connectivity index is 0.000000689. The van der Waals surface area contributed by atoms with Gasteiger partial charge in [-0.1, -0.05) is 78.9 Å². The van der Waals surface area contributed by atoms with E-state index in [-0.39, 0.29) is 35.6 Å². The summed E-state index contributed by atoms with van der Waals surface area (Å²) in [4.78, 5) is 28.2. The van der Waals surface area contributed by atoms with Gasteiger partial charge < -0.3 is 19.4 Å². The molecule has 4 atom stereocenters. The van der Waals surface area contributed by atoms with E-state index in [2.05, 4.69) is 29.6 Å². The monoisotopic (exact) mass is 740 g/mol. The maximum absolute atomic E-state index is 15.5. The van der Waals surface area contributed by atoms with Crippen molar-refractivity contribution in [1.29, 1.82) is 0 Å². The van der Waals surface area contributed by atoms with Crippen molar-refractivity contribution in [3.63, 3.8) is 0 Å². The molecule has 0 bridgehead atoms. The standard InChI is InChI=1S/C37H36N2O5P.C5H5.Fe/c1-24(28-17-12-20-33(28)45(42,26-13-6-4-7-14-26)27-15-8-5-9-16-27)39-22-21-37-30-18-10-11-19-31(30)38-34(37)29(36(41)43-3)23-32(35(37)39)44-25(2)40;1-2-4-5-3-1;/h4-20,24,32,35,38H,21-23H2,1-3H3;1-5H;/q;;+2/t24-,32-,35+,37+;;/m0../s1. The predicted octanol–water partition coefficient (Wildman–Crippen LogP) is 6.34. The van der Waals surface area contributed by atoms with Crippen LogP contribution in [0.2, 0.25) is 0 Å². The molecule has 3 fully saturated rings. The molecule has 3 aliphatic carbocycles. The van der Waals surface area contributed by atoms with Gasteiger partial charge in [-0.05, 0) is 76.3 Å². The molecular formula is C42H41FeN2O5P+2. The molecule has 0 unspecified atom stereocenters. The van der Waals surface area contributed by atoms with Gasteiger partial charge in [-0.3, -0.25) is 9.69 Å². The number of anilines is 1. The molecule has 2 aliphatic heterocycles. The number of hydrogen-bond acceptors (Lipinski definition) is 7. The zero-order chi connectivity index (χ0) is 34.9. The van der Waals surface area contributed by atoms with E-state index in [1.165, 1.54) is 14.0 Å². The first-order chi connectivity index (χ1) is 24.3. The Morgan fingerprint density at radius 2 is 1.45 bits per heavy atom. The molecule has 9 heteroatoms. The van der Waals surface area contributed by atoms with Crippen LogP contribution in [-0.2, 0) is 46.1 Å². The van der Waals surface area contributed by atoms with Crippen molar-refractivity contribution in [3.8, 4) is 0 Å². The summed E-state index contributed by atoms with van der Waals surface area (Å²) in [6.07, 6.45) is 16.4. The van der Waals surface area contributed by atoms with E-state index in [0.717, 1.165) is 39.1 Å². The summed E-state index contributed by atoms with van der Waals surface area (Å²) in [5.41, 5.74) is 3.58. The third-order valence-electron chi connectivity index (χ3n) is 10.5. The molecule has 2 heterocycles. The fourth-order valence-electron chi connectivity index (χ4n) is 8.42. The second-order valence-corrected chi connectivity index (χ2v) is 15.8. The molecule has 2 saturated carbocycles.